The average Bonchev–Trinajstić information content (AvgIpc) is 3.43. The van der Waals surface area contributed by atoms with Gasteiger partial charge in [0.1, 0.15) is 18.1 Å². The highest BCUT2D eigenvalue weighted by atomic mass is 127. The third-order valence-electron chi connectivity index (χ3n) is 4.79. The number of furan rings is 1. The van der Waals surface area contributed by atoms with Crippen molar-refractivity contribution < 1.29 is 14.3 Å². The minimum atomic E-state index is -0.227. The van der Waals surface area contributed by atoms with Gasteiger partial charge in [-0.25, -0.2) is 4.99 Å². The number of phenolic OH excluding ortho intramolecular Hbond substituents is 1. The van der Waals surface area contributed by atoms with E-state index in [1.165, 1.54) is 25.0 Å². The third-order valence-corrected chi connectivity index (χ3v) is 4.79. The first-order valence-corrected chi connectivity index (χ1v) is 10.0. The summed E-state index contributed by atoms with van der Waals surface area (Å²) in [7, 11) is 0. The van der Waals surface area contributed by atoms with Crippen molar-refractivity contribution in [2.75, 3.05) is 38.0 Å². The summed E-state index contributed by atoms with van der Waals surface area (Å²) >= 11 is 0. The molecule has 2 aromatic rings. The Hall–Kier alpha value is -2.27. The summed E-state index contributed by atoms with van der Waals surface area (Å²) < 4.78 is 5.65. The molecule has 8 nitrogen and oxygen atoms in total. The molecule has 1 fully saturated rings. The maximum absolute atomic E-state index is 12.2. The zero-order valence-corrected chi connectivity index (χ0v) is 19.5. The average molecular weight is 527 g/mol. The summed E-state index contributed by atoms with van der Waals surface area (Å²) in [5, 5.41) is 18.6. The molecule has 1 amide bonds. The lowest BCUT2D eigenvalue weighted by atomic mass is 10.2. The molecule has 30 heavy (non-hydrogen) atoms. The second kappa shape index (κ2) is 12.4. The molecule has 1 aromatic heterocycles. The van der Waals surface area contributed by atoms with E-state index in [0.717, 1.165) is 18.8 Å². The second-order valence-electron chi connectivity index (χ2n) is 6.95. The summed E-state index contributed by atoms with van der Waals surface area (Å²) in [6.07, 6.45) is 4.09. The molecule has 4 N–H and O–H groups in total. The SMILES string of the molecule is CCNC(=NCC(=O)Nc1ccc(O)cc1)NCC(c1ccco1)N1CCCC1.I. The molecule has 1 unspecified atom stereocenters. The summed E-state index contributed by atoms with van der Waals surface area (Å²) in [5.41, 5.74) is 0.618. The molecule has 0 saturated carbocycles. The fourth-order valence-corrected chi connectivity index (χ4v) is 3.38. The normalized spacial score (nSPS) is 15.3. The van der Waals surface area contributed by atoms with Crippen molar-refractivity contribution in [2.45, 2.75) is 25.8 Å². The van der Waals surface area contributed by atoms with E-state index in [9.17, 15) is 9.90 Å². The zero-order chi connectivity index (χ0) is 20.5. The number of benzene rings is 1. The maximum atomic E-state index is 12.2. The number of guanidine groups is 1. The number of nitrogens with zero attached hydrogens (tertiary/aromatic N) is 2. The first-order valence-electron chi connectivity index (χ1n) is 10.0. The lowest BCUT2D eigenvalue weighted by Gasteiger charge is -2.26. The van der Waals surface area contributed by atoms with Gasteiger partial charge >= 0.3 is 0 Å². The van der Waals surface area contributed by atoms with Crippen LogP contribution >= 0.6 is 24.0 Å². The molecule has 1 saturated heterocycles. The number of anilines is 1. The number of carbonyl (C=O) groups excluding carboxylic acids is 1. The second-order valence-corrected chi connectivity index (χ2v) is 6.95. The highest BCUT2D eigenvalue weighted by molar-refractivity contribution is 14.0. The quantitative estimate of drug-likeness (QED) is 0.182. The van der Waals surface area contributed by atoms with Crippen LogP contribution in [0.3, 0.4) is 0 Å². The van der Waals surface area contributed by atoms with Gasteiger partial charge in [0.15, 0.2) is 5.96 Å². The summed E-state index contributed by atoms with van der Waals surface area (Å²) in [6, 6.07) is 10.4. The van der Waals surface area contributed by atoms with Crippen LogP contribution < -0.4 is 16.0 Å². The van der Waals surface area contributed by atoms with Crippen molar-refractivity contribution >= 4 is 41.5 Å². The van der Waals surface area contributed by atoms with Crippen molar-refractivity contribution in [2.24, 2.45) is 4.99 Å². The van der Waals surface area contributed by atoms with E-state index in [-0.39, 0.29) is 48.2 Å². The number of amides is 1. The van der Waals surface area contributed by atoms with Crippen LogP contribution in [0.2, 0.25) is 0 Å². The Morgan fingerprint density at radius 1 is 1.20 bits per heavy atom. The number of rotatable bonds is 8. The van der Waals surface area contributed by atoms with E-state index >= 15 is 0 Å². The number of likely N-dealkylation sites (tertiary alicyclic amines) is 1. The van der Waals surface area contributed by atoms with Crippen LogP contribution in [0.4, 0.5) is 5.69 Å². The van der Waals surface area contributed by atoms with Gasteiger partial charge in [0.05, 0.1) is 12.3 Å². The molecule has 1 aliphatic rings. The largest absolute Gasteiger partial charge is 0.508 e. The fraction of sp³-hybridized carbons (Fsp3) is 0.429. The van der Waals surface area contributed by atoms with Gasteiger partial charge in [-0.3, -0.25) is 9.69 Å². The topological polar surface area (TPSA) is 102 Å². The van der Waals surface area contributed by atoms with Gasteiger partial charge < -0.3 is 25.5 Å². The van der Waals surface area contributed by atoms with Gasteiger partial charge in [-0.05, 0) is 69.3 Å². The number of carbonyl (C=O) groups is 1. The maximum Gasteiger partial charge on any atom is 0.246 e. The molecular weight excluding hydrogens is 497 g/mol. The highest BCUT2D eigenvalue weighted by Crippen LogP contribution is 2.24. The Labute approximate surface area is 194 Å². The molecule has 0 radical (unpaired) electrons. The Balaban J connectivity index is 0.00000320. The zero-order valence-electron chi connectivity index (χ0n) is 17.1. The van der Waals surface area contributed by atoms with Crippen LogP contribution in [0.5, 0.6) is 5.75 Å². The van der Waals surface area contributed by atoms with Gasteiger partial charge in [0.25, 0.3) is 0 Å². The van der Waals surface area contributed by atoms with Gasteiger partial charge in [0, 0.05) is 18.8 Å². The number of phenols is 1. The Bertz CT molecular complexity index is 789. The smallest absolute Gasteiger partial charge is 0.246 e. The molecule has 1 aromatic carbocycles. The molecule has 3 rings (SSSR count). The van der Waals surface area contributed by atoms with Gasteiger partial charge in [0.2, 0.25) is 5.91 Å². The number of hydrogen-bond donors (Lipinski definition) is 4. The van der Waals surface area contributed by atoms with Gasteiger partial charge in [-0.1, -0.05) is 0 Å². The van der Waals surface area contributed by atoms with Crippen molar-refractivity contribution in [3.63, 3.8) is 0 Å². The van der Waals surface area contributed by atoms with Gasteiger partial charge in [-0.2, -0.15) is 0 Å². The lowest BCUT2D eigenvalue weighted by molar-refractivity contribution is -0.114. The monoisotopic (exact) mass is 527 g/mol. The molecule has 9 heteroatoms. The van der Waals surface area contributed by atoms with Gasteiger partial charge in [-0.15, -0.1) is 24.0 Å². The van der Waals surface area contributed by atoms with Crippen molar-refractivity contribution in [1.29, 1.82) is 0 Å². The van der Waals surface area contributed by atoms with Crippen LogP contribution in [0, 0.1) is 0 Å². The first kappa shape index (κ1) is 24.0. The van der Waals surface area contributed by atoms with Crippen molar-refractivity contribution in [1.82, 2.24) is 15.5 Å². The number of aliphatic imine (C=N–C) groups is 1. The predicted molar refractivity (Wildman–Crippen MR) is 128 cm³/mol. The van der Waals surface area contributed by atoms with E-state index in [2.05, 4.69) is 25.8 Å². The molecule has 1 aliphatic heterocycles. The third kappa shape index (κ3) is 7.21. The Morgan fingerprint density at radius 3 is 2.57 bits per heavy atom. The number of hydrogen-bond acceptors (Lipinski definition) is 5. The van der Waals surface area contributed by atoms with E-state index in [1.54, 1.807) is 18.4 Å². The Kier molecular flexibility index (Phi) is 9.95. The molecule has 1 atom stereocenters. The highest BCUT2D eigenvalue weighted by Gasteiger charge is 2.25. The summed E-state index contributed by atoms with van der Waals surface area (Å²) in [6.45, 7) is 5.41. The van der Waals surface area contributed by atoms with Crippen molar-refractivity contribution in [3.05, 3.63) is 48.4 Å². The minimum Gasteiger partial charge on any atom is -0.508 e. The Morgan fingerprint density at radius 2 is 1.93 bits per heavy atom. The van der Waals surface area contributed by atoms with E-state index in [4.69, 9.17) is 4.42 Å². The minimum absolute atomic E-state index is 0. The molecular formula is C21H30IN5O3. The lowest BCUT2D eigenvalue weighted by Crippen LogP contribution is -2.43. The number of aromatic hydroxyl groups is 1. The van der Waals surface area contributed by atoms with Crippen LogP contribution in [0.15, 0.2) is 52.1 Å². The number of halogens is 1. The van der Waals surface area contributed by atoms with Crippen LogP contribution in [0.1, 0.15) is 31.6 Å². The summed E-state index contributed by atoms with van der Waals surface area (Å²) in [4.78, 5) is 19.0. The van der Waals surface area contributed by atoms with E-state index in [1.807, 2.05) is 19.1 Å². The molecule has 164 valence electrons. The molecule has 2 heterocycles. The predicted octanol–water partition coefficient (Wildman–Crippen LogP) is 2.93. The molecule has 0 spiro atoms. The van der Waals surface area contributed by atoms with Crippen LogP contribution in [-0.2, 0) is 4.79 Å². The first-order chi connectivity index (χ1) is 14.2. The fourth-order valence-electron chi connectivity index (χ4n) is 3.38. The van der Waals surface area contributed by atoms with E-state index in [0.29, 0.717) is 24.7 Å². The van der Waals surface area contributed by atoms with E-state index < -0.39 is 0 Å². The van der Waals surface area contributed by atoms with Crippen LogP contribution in [-0.4, -0.2) is 54.6 Å². The standard InChI is InChI=1S/C21H29N5O3.HI/c1-2-22-21(24-15-20(28)25-16-7-9-17(27)10-8-16)23-14-18(19-6-5-13-29-19)26-11-3-4-12-26;/h5-10,13,18,27H,2-4,11-12,14-15H2,1H3,(H,25,28)(H2,22,23,24);1H. The molecule has 0 aliphatic carbocycles. The van der Waals surface area contributed by atoms with Crippen LogP contribution in [0.25, 0.3) is 0 Å². The van der Waals surface area contributed by atoms with Crippen molar-refractivity contribution in [3.8, 4) is 5.75 Å². The number of nitrogens with one attached hydrogen (secondary N) is 3. The molecule has 0 bridgehead atoms. The summed E-state index contributed by atoms with van der Waals surface area (Å²) in [5.74, 6) is 1.45.